The molecule has 1 N–H and O–H groups in total. The normalized spacial score (nSPS) is 12.5. The maximum absolute atomic E-state index is 13.4. The Morgan fingerprint density at radius 1 is 1.13 bits per heavy atom. The van der Waals surface area contributed by atoms with Gasteiger partial charge in [-0.2, -0.15) is 5.26 Å². The van der Waals surface area contributed by atoms with E-state index in [1.54, 1.807) is 36.8 Å². The summed E-state index contributed by atoms with van der Waals surface area (Å²) in [6.45, 7) is 0.353. The number of fused-ring (bicyclic) bond motifs is 1. The smallest absolute Gasteiger partial charge is 0.259 e. The number of benzene rings is 3. The van der Waals surface area contributed by atoms with Crippen LogP contribution in [0.3, 0.4) is 0 Å². The van der Waals surface area contributed by atoms with Crippen LogP contribution >= 0.6 is 33.9 Å². The van der Waals surface area contributed by atoms with Crippen molar-refractivity contribution in [2.45, 2.75) is 32.3 Å². The number of aliphatic imine (C=N–C) groups is 1. The van der Waals surface area contributed by atoms with E-state index >= 15 is 0 Å². The Kier molecular flexibility index (Phi) is 8.59. The molecule has 0 fully saturated rings. The Bertz CT molecular complexity index is 1560. The maximum Gasteiger partial charge on any atom is 0.259 e. The van der Waals surface area contributed by atoms with Gasteiger partial charge in [0.1, 0.15) is 11.6 Å². The molecule has 1 aliphatic carbocycles. The molecule has 1 aromatic heterocycles. The highest BCUT2D eigenvalue weighted by Crippen LogP contribution is 2.40. The number of thiophene rings is 1. The molecule has 196 valence electrons. The molecule has 0 radical (unpaired) electrons. The molecule has 0 aliphatic heterocycles. The van der Waals surface area contributed by atoms with Crippen molar-refractivity contribution in [2.24, 2.45) is 4.99 Å². The lowest BCUT2D eigenvalue weighted by molar-refractivity contribution is 0.102. The number of carbonyl (C=O) groups excluding carboxylic acids is 1. The summed E-state index contributed by atoms with van der Waals surface area (Å²) in [4.78, 5) is 19.4. The van der Waals surface area contributed by atoms with Crippen LogP contribution in [-0.4, -0.2) is 19.2 Å². The van der Waals surface area contributed by atoms with E-state index in [1.165, 1.54) is 4.88 Å². The summed E-state index contributed by atoms with van der Waals surface area (Å²) >= 11 is 3.84. The first-order chi connectivity index (χ1) is 19.1. The molecule has 0 saturated heterocycles. The molecule has 1 heterocycles. The number of hydrogen-bond acceptors (Lipinski definition) is 6. The Labute approximate surface area is 245 Å². The van der Waals surface area contributed by atoms with Gasteiger partial charge in [0.25, 0.3) is 5.91 Å². The fraction of sp³-hybridized carbons (Fsp3) is 0.194. The summed E-state index contributed by atoms with van der Waals surface area (Å²) in [5, 5.41) is 12.8. The van der Waals surface area contributed by atoms with Crippen LogP contribution < -0.4 is 14.8 Å². The number of rotatable bonds is 8. The Morgan fingerprint density at radius 3 is 2.64 bits per heavy atom. The lowest BCUT2D eigenvalue weighted by Crippen LogP contribution is -2.14. The summed E-state index contributed by atoms with van der Waals surface area (Å²) < 4.78 is 12.6. The van der Waals surface area contributed by atoms with Gasteiger partial charge in [0.2, 0.25) is 0 Å². The van der Waals surface area contributed by atoms with Crippen LogP contribution in [0.15, 0.2) is 71.7 Å². The molecule has 0 bridgehead atoms. The Morgan fingerprint density at radius 2 is 1.90 bits per heavy atom. The molecule has 0 unspecified atom stereocenters. The number of aryl methyl sites for hydroxylation is 1. The second-order valence-corrected chi connectivity index (χ2v) is 11.3. The van der Waals surface area contributed by atoms with Gasteiger partial charge >= 0.3 is 0 Å². The van der Waals surface area contributed by atoms with Crippen molar-refractivity contribution in [3.8, 4) is 17.6 Å². The topological polar surface area (TPSA) is 83.7 Å². The van der Waals surface area contributed by atoms with Crippen molar-refractivity contribution in [3.63, 3.8) is 0 Å². The standard InChI is InChI=1S/C31H26IN3O3S/c1-37-26-16-22(15-25(32)29(26)38-19-21-13-11-20(17-33)12-14-21)18-34-31-28(24-9-5-6-10-27(24)39-31)30(36)35-23-7-3-2-4-8-23/h2-4,7-8,11-16,18H,5-6,9-10,19H2,1H3,(H,35,36). The molecular weight excluding hydrogens is 621 g/mol. The van der Waals surface area contributed by atoms with Gasteiger partial charge in [-0.3, -0.25) is 4.79 Å². The molecule has 1 aliphatic rings. The van der Waals surface area contributed by atoms with E-state index < -0.39 is 0 Å². The number of nitrogens with zero attached hydrogens (tertiary/aromatic N) is 2. The number of hydrogen-bond donors (Lipinski definition) is 1. The van der Waals surface area contributed by atoms with E-state index in [9.17, 15) is 4.79 Å². The minimum absolute atomic E-state index is 0.119. The minimum atomic E-state index is -0.119. The summed E-state index contributed by atoms with van der Waals surface area (Å²) in [6, 6.07) is 22.8. The molecular formula is C31H26IN3O3S. The van der Waals surface area contributed by atoms with Crippen molar-refractivity contribution < 1.29 is 14.3 Å². The number of halogens is 1. The monoisotopic (exact) mass is 647 g/mol. The van der Waals surface area contributed by atoms with Gasteiger partial charge in [-0.1, -0.05) is 30.3 Å². The van der Waals surface area contributed by atoms with Gasteiger partial charge in [0.05, 0.1) is 27.9 Å². The van der Waals surface area contributed by atoms with E-state index in [-0.39, 0.29) is 5.91 Å². The van der Waals surface area contributed by atoms with Gasteiger partial charge in [0, 0.05) is 16.8 Å². The number of ether oxygens (including phenoxy) is 2. The summed E-state index contributed by atoms with van der Waals surface area (Å²) in [5.41, 5.74) is 5.00. The molecule has 0 spiro atoms. The van der Waals surface area contributed by atoms with Crippen LogP contribution in [0.5, 0.6) is 11.5 Å². The first-order valence-electron chi connectivity index (χ1n) is 12.6. The lowest BCUT2D eigenvalue weighted by Gasteiger charge is -2.14. The molecule has 0 saturated carbocycles. The van der Waals surface area contributed by atoms with Crippen LogP contribution in [0.1, 0.15) is 50.3 Å². The van der Waals surface area contributed by atoms with Crippen LogP contribution in [-0.2, 0) is 19.4 Å². The number of amides is 1. The second kappa shape index (κ2) is 12.5. The van der Waals surface area contributed by atoms with Crippen molar-refractivity contribution in [1.29, 1.82) is 5.26 Å². The highest BCUT2D eigenvalue weighted by molar-refractivity contribution is 14.1. The number of carbonyl (C=O) groups is 1. The third-order valence-electron chi connectivity index (χ3n) is 6.46. The zero-order chi connectivity index (χ0) is 27.2. The summed E-state index contributed by atoms with van der Waals surface area (Å²) in [7, 11) is 1.61. The van der Waals surface area contributed by atoms with Crippen molar-refractivity contribution >= 4 is 56.7 Å². The fourth-order valence-corrected chi connectivity index (χ4v) is 6.52. The van der Waals surface area contributed by atoms with Gasteiger partial charge in [-0.15, -0.1) is 11.3 Å². The minimum Gasteiger partial charge on any atom is -0.493 e. The largest absolute Gasteiger partial charge is 0.493 e. The van der Waals surface area contributed by atoms with Crippen LogP contribution in [0.25, 0.3) is 0 Å². The van der Waals surface area contributed by atoms with E-state index in [1.807, 2.05) is 54.6 Å². The second-order valence-electron chi connectivity index (χ2n) is 9.10. The summed E-state index contributed by atoms with van der Waals surface area (Å²) in [5.74, 6) is 1.13. The first kappa shape index (κ1) is 26.9. The van der Waals surface area contributed by atoms with E-state index in [4.69, 9.17) is 19.7 Å². The van der Waals surface area contributed by atoms with Crippen molar-refractivity contribution in [1.82, 2.24) is 0 Å². The zero-order valence-corrected chi connectivity index (χ0v) is 24.3. The van der Waals surface area contributed by atoms with Gasteiger partial charge in [-0.05, 0) is 101 Å². The highest BCUT2D eigenvalue weighted by atomic mass is 127. The van der Waals surface area contributed by atoms with E-state index in [0.29, 0.717) is 29.2 Å². The quantitative estimate of drug-likeness (QED) is 0.157. The van der Waals surface area contributed by atoms with Crippen molar-refractivity contribution in [3.05, 3.63) is 103 Å². The SMILES string of the molecule is COc1cc(C=Nc2sc3c(c2C(=O)Nc2ccccc2)CCCC3)cc(I)c1OCc1ccc(C#N)cc1. The van der Waals surface area contributed by atoms with Gasteiger partial charge in [-0.25, -0.2) is 4.99 Å². The maximum atomic E-state index is 13.4. The third kappa shape index (κ3) is 6.32. The van der Waals surface area contributed by atoms with Crippen LogP contribution in [0.4, 0.5) is 10.7 Å². The van der Waals surface area contributed by atoms with Crippen LogP contribution in [0.2, 0.25) is 0 Å². The molecule has 3 aromatic carbocycles. The van der Waals surface area contributed by atoms with Crippen LogP contribution in [0, 0.1) is 14.9 Å². The summed E-state index contributed by atoms with van der Waals surface area (Å²) in [6.07, 6.45) is 5.88. The van der Waals surface area contributed by atoms with E-state index in [2.05, 4.69) is 34.0 Å². The highest BCUT2D eigenvalue weighted by Gasteiger charge is 2.25. The number of methoxy groups -OCH3 is 1. The molecule has 6 nitrogen and oxygen atoms in total. The number of anilines is 1. The molecule has 5 rings (SSSR count). The molecule has 0 atom stereocenters. The zero-order valence-electron chi connectivity index (χ0n) is 21.4. The first-order valence-corrected chi connectivity index (χ1v) is 14.5. The van der Waals surface area contributed by atoms with Gasteiger partial charge in [0.15, 0.2) is 11.5 Å². The average Bonchev–Trinajstić information content (AvgIpc) is 3.34. The van der Waals surface area contributed by atoms with Crippen molar-refractivity contribution in [2.75, 3.05) is 12.4 Å². The fourth-order valence-electron chi connectivity index (χ4n) is 4.51. The van der Waals surface area contributed by atoms with Gasteiger partial charge < -0.3 is 14.8 Å². The predicted molar refractivity (Wildman–Crippen MR) is 164 cm³/mol. The number of para-hydroxylation sites is 1. The molecule has 8 heteroatoms. The number of nitrogens with one attached hydrogen (secondary N) is 1. The molecule has 4 aromatic rings. The average molecular weight is 648 g/mol. The number of nitriles is 1. The Hall–Kier alpha value is -3.68. The predicted octanol–water partition coefficient (Wildman–Crippen LogP) is 7.69. The Balaban J connectivity index is 1.39. The third-order valence-corrected chi connectivity index (χ3v) is 8.46. The molecule has 39 heavy (non-hydrogen) atoms. The van der Waals surface area contributed by atoms with E-state index in [0.717, 1.165) is 56.6 Å². The lowest BCUT2D eigenvalue weighted by atomic mass is 9.95. The molecule has 1 amide bonds.